The predicted octanol–water partition coefficient (Wildman–Crippen LogP) is 2.01. The lowest BCUT2D eigenvalue weighted by Crippen LogP contribution is -2.35. The van der Waals surface area contributed by atoms with Gasteiger partial charge in [-0.15, -0.1) is 0 Å². The van der Waals surface area contributed by atoms with Gasteiger partial charge in [0.05, 0.1) is 19.7 Å². The van der Waals surface area contributed by atoms with Gasteiger partial charge in [0.1, 0.15) is 11.6 Å². The average Bonchev–Trinajstić information content (AvgIpc) is 2.39. The maximum absolute atomic E-state index is 13.2. The van der Waals surface area contributed by atoms with Gasteiger partial charge in [0.15, 0.2) is 0 Å². The van der Waals surface area contributed by atoms with Crippen molar-refractivity contribution < 1.29 is 13.9 Å². The molecule has 0 saturated heterocycles. The highest BCUT2D eigenvalue weighted by molar-refractivity contribution is 5.78. The quantitative estimate of drug-likeness (QED) is 0.744. The lowest BCUT2D eigenvalue weighted by atomic mass is 10.1. The van der Waals surface area contributed by atoms with Gasteiger partial charge in [-0.25, -0.2) is 4.39 Å². The zero-order chi connectivity index (χ0) is 14.3. The summed E-state index contributed by atoms with van der Waals surface area (Å²) in [4.78, 5) is 11.7. The average molecular weight is 268 g/mol. The molecule has 0 aliphatic carbocycles. The monoisotopic (exact) mass is 268 g/mol. The molecule has 1 aromatic rings. The molecule has 0 spiro atoms. The summed E-state index contributed by atoms with van der Waals surface area (Å²) in [5.74, 6) is 0.101. The van der Waals surface area contributed by atoms with Crippen LogP contribution in [0.25, 0.3) is 0 Å². The third-order valence-electron chi connectivity index (χ3n) is 2.75. The van der Waals surface area contributed by atoms with Gasteiger partial charge in [0, 0.05) is 5.56 Å². The van der Waals surface area contributed by atoms with E-state index in [4.69, 9.17) is 4.74 Å². The number of benzene rings is 1. The number of hydrogen-bond acceptors (Lipinski definition) is 3. The number of nitrogens with one attached hydrogen (secondary N) is 2. The molecular formula is C14H21FN2O2. The first kappa shape index (κ1) is 15.4. The summed E-state index contributed by atoms with van der Waals surface area (Å²) in [5, 5.41) is 5.82. The summed E-state index contributed by atoms with van der Waals surface area (Å²) < 4.78 is 18.4. The summed E-state index contributed by atoms with van der Waals surface area (Å²) in [6.07, 6.45) is 0.973. The van der Waals surface area contributed by atoms with Gasteiger partial charge in [-0.2, -0.15) is 0 Å². The van der Waals surface area contributed by atoms with Crippen molar-refractivity contribution in [3.8, 4) is 5.75 Å². The highest BCUT2D eigenvalue weighted by Gasteiger charge is 2.14. The highest BCUT2D eigenvalue weighted by atomic mass is 19.1. The van der Waals surface area contributed by atoms with Crippen molar-refractivity contribution in [2.75, 3.05) is 20.2 Å². The van der Waals surface area contributed by atoms with Crippen molar-refractivity contribution in [2.24, 2.45) is 0 Å². The molecule has 0 aliphatic heterocycles. The van der Waals surface area contributed by atoms with Crippen molar-refractivity contribution >= 4 is 5.91 Å². The number of hydrogen-bond donors (Lipinski definition) is 2. The minimum atomic E-state index is -0.346. The van der Waals surface area contributed by atoms with Crippen LogP contribution in [-0.2, 0) is 4.79 Å². The van der Waals surface area contributed by atoms with Crippen LogP contribution >= 0.6 is 0 Å². The van der Waals surface area contributed by atoms with Crippen molar-refractivity contribution in [1.29, 1.82) is 0 Å². The third-order valence-corrected chi connectivity index (χ3v) is 2.75. The van der Waals surface area contributed by atoms with Crippen LogP contribution in [0.2, 0.25) is 0 Å². The van der Waals surface area contributed by atoms with Crippen LogP contribution in [0.4, 0.5) is 4.39 Å². The molecule has 0 saturated carbocycles. The van der Waals surface area contributed by atoms with Gasteiger partial charge >= 0.3 is 0 Å². The van der Waals surface area contributed by atoms with Gasteiger partial charge in [-0.3, -0.25) is 4.79 Å². The van der Waals surface area contributed by atoms with E-state index >= 15 is 0 Å². The van der Waals surface area contributed by atoms with Gasteiger partial charge < -0.3 is 15.4 Å². The van der Waals surface area contributed by atoms with Crippen molar-refractivity contribution in [2.45, 2.75) is 26.3 Å². The fraction of sp³-hybridized carbons (Fsp3) is 0.500. The first-order chi connectivity index (χ1) is 9.08. The summed E-state index contributed by atoms with van der Waals surface area (Å²) in [7, 11) is 1.52. The molecule has 0 heterocycles. The molecule has 0 radical (unpaired) electrons. The maximum atomic E-state index is 13.2. The van der Waals surface area contributed by atoms with Crippen molar-refractivity contribution in [3.05, 3.63) is 29.6 Å². The van der Waals surface area contributed by atoms with Crippen LogP contribution in [-0.4, -0.2) is 26.1 Å². The van der Waals surface area contributed by atoms with Crippen molar-refractivity contribution in [1.82, 2.24) is 10.6 Å². The molecule has 5 heteroatoms. The van der Waals surface area contributed by atoms with Crippen LogP contribution in [0, 0.1) is 5.82 Å². The minimum Gasteiger partial charge on any atom is -0.496 e. The van der Waals surface area contributed by atoms with Crippen LogP contribution in [0.1, 0.15) is 31.9 Å². The Labute approximate surface area is 113 Å². The van der Waals surface area contributed by atoms with E-state index in [1.54, 1.807) is 13.0 Å². The third kappa shape index (κ3) is 4.87. The Bertz CT molecular complexity index is 424. The number of halogens is 1. The van der Waals surface area contributed by atoms with Crippen LogP contribution in [0.3, 0.4) is 0 Å². The molecular weight excluding hydrogens is 247 g/mol. The standard InChI is InChI=1S/C14H21FN2O2/c1-4-7-16-9-14(18)17-10(2)12-8-11(15)5-6-13(12)19-3/h5-6,8,10,16H,4,7,9H2,1-3H3,(H,17,18). The second kappa shape index (κ2) is 7.74. The molecule has 2 N–H and O–H groups in total. The first-order valence-corrected chi connectivity index (χ1v) is 6.42. The van der Waals surface area contributed by atoms with E-state index in [0.717, 1.165) is 13.0 Å². The molecule has 1 rings (SSSR count). The molecule has 19 heavy (non-hydrogen) atoms. The van der Waals surface area contributed by atoms with E-state index in [2.05, 4.69) is 10.6 Å². The van der Waals surface area contributed by atoms with E-state index < -0.39 is 0 Å². The Kier molecular flexibility index (Phi) is 6.29. The van der Waals surface area contributed by atoms with E-state index in [9.17, 15) is 9.18 Å². The van der Waals surface area contributed by atoms with E-state index in [-0.39, 0.29) is 24.3 Å². The second-order valence-corrected chi connectivity index (χ2v) is 4.35. The Morgan fingerprint density at radius 1 is 1.47 bits per heavy atom. The Balaban J connectivity index is 2.64. The smallest absolute Gasteiger partial charge is 0.234 e. The Morgan fingerprint density at radius 3 is 2.84 bits per heavy atom. The lowest BCUT2D eigenvalue weighted by Gasteiger charge is -2.17. The Morgan fingerprint density at radius 2 is 2.21 bits per heavy atom. The summed E-state index contributed by atoms with van der Waals surface area (Å²) in [6, 6.07) is 3.97. The van der Waals surface area contributed by atoms with Gasteiger partial charge in [-0.1, -0.05) is 6.92 Å². The van der Waals surface area contributed by atoms with Crippen molar-refractivity contribution in [3.63, 3.8) is 0 Å². The summed E-state index contributed by atoms with van der Waals surface area (Å²) >= 11 is 0. The van der Waals surface area contributed by atoms with E-state index in [1.165, 1.54) is 19.2 Å². The highest BCUT2D eigenvalue weighted by Crippen LogP contribution is 2.25. The first-order valence-electron chi connectivity index (χ1n) is 6.42. The van der Waals surface area contributed by atoms with Gasteiger partial charge in [-0.05, 0) is 38.1 Å². The zero-order valence-electron chi connectivity index (χ0n) is 11.6. The fourth-order valence-corrected chi connectivity index (χ4v) is 1.79. The van der Waals surface area contributed by atoms with E-state index in [0.29, 0.717) is 11.3 Å². The number of amides is 1. The maximum Gasteiger partial charge on any atom is 0.234 e. The van der Waals surface area contributed by atoms with E-state index in [1.807, 2.05) is 6.92 Å². The molecule has 0 aliphatic rings. The topological polar surface area (TPSA) is 50.4 Å². The SMILES string of the molecule is CCCNCC(=O)NC(C)c1cc(F)ccc1OC. The van der Waals surface area contributed by atoms with Gasteiger partial charge in [0.2, 0.25) is 5.91 Å². The number of carbonyl (C=O) groups excluding carboxylic acids is 1. The number of methoxy groups -OCH3 is 1. The molecule has 1 amide bonds. The summed E-state index contributed by atoms with van der Waals surface area (Å²) in [5.41, 5.74) is 0.631. The molecule has 4 nitrogen and oxygen atoms in total. The molecule has 0 fully saturated rings. The summed E-state index contributed by atoms with van der Waals surface area (Å²) in [6.45, 7) is 4.89. The second-order valence-electron chi connectivity index (χ2n) is 4.35. The fourth-order valence-electron chi connectivity index (χ4n) is 1.79. The lowest BCUT2D eigenvalue weighted by molar-refractivity contribution is -0.120. The molecule has 1 unspecified atom stereocenters. The predicted molar refractivity (Wildman–Crippen MR) is 72.7 cm³/mol. The molecule has 0 bridgehead atoms. The number of ether oxygens (including phenoxy) is 1. The largest absolute Gasteiger partial charge is 0.496 e. The van der Waals surface area contributed by atoms with Crippen LogP contribution in [0.5, 0.6) is 5.75 Å². The zero-order valence-corrected chi connectivity index (χ0v) is 11.6. The number of rotatable bonds is 7. The number of carbonyl (C=O) groups is 1. The van der Waals surface area contributed by atoms with Gasteiger partial charge in [0.25, 0.3) is 0 Å². The molecule has 1 aromatic carbocycles. The Hall–Kier alpha value is -1.62. The normalized spacial score (nSPS) is 12.0. The minimum absolute atomic E-state index is 0.118. The van der Waals surface area contributed by atoms with Crippen LogP contribution < -0.4 is 15.4 Å². The molecule has 1 atom stereocenters. The molecule has 106 valence electrons. The van der Waals surface area contributed by atoms with Crippen LogP contribution in [0.15, 0.2) is 18.2 Å². The molecule has 0 aromatic heterocycles.